The van der Waals surface area contributed by atoms with E-state index in [1.54, 1.807) is 12.1 Å². The van der Waals surface area contributed by atoms with Gasteiger partial charge in [0.2, 0.25) is 0 Å². The van der Waals surface area contributed by atoms with E-state index in [0.717, 1.165) is 5.69 Å². The first-order valence-electron chi connectivity index (χ1n) is 4.67. The van der Waals surface area contributed by atoms with Crippen LogP contribution in [0.15, 0.2) is 16.7 Å². The van der Waals surface area contributed by atoms with Crippen LogP contribution in [0.25, 0.3) is 0 Å². The van der Waals surface area contributed by atoms with Gasteiger partial charge in [-0.2, -0.15) is 0 Å². The molecule has 1 amide bonds. The lowest BCUT2D eigenvalue weighted by Crippen LogP contribution is -2.25. The Balaban J connectivity index is 2.65. The molecule has 0 saturated carbocycles. The maximum Gasteiger partial charge on any atom is 0.254 e. The number of nitrogens with one attached hydrogen (secondary N) is 1. The SMILES string of the molecule is Cc1ccc(C(=O)NCCCO)c(Br)n1. The van der Waals surface area contributed by atoms with Gasteiger partial charge in [0.1, 0.15) is 4.60 Å². The van der Waals surface area contributed by atoms with E-state index in [9.17, 15) is 4.79 Å². The molecule has 5 heteroatoms. The highest BCUT2D eigenvalue weighted by Gasteiger charge is 2.09. The average molecular weight is 273 g/mol. The van der Waals surface area contributed by atoms with E-state index in [1.807, 2.05) is 6.92 Å². The van der Waals surface area contributed by atoms with Gasteiger partial charge in [-0.15, -0.1) is 0 Å². The zero-order chi connectivity index (χ0) is 11.3. The second-order valence-electron chi connectivity index (χ2n) is 3.12. The van der Waals surface area contributed by atoms with Crippen LogP contribution in [-0.4, -0.2) is 29.1 Å². The Morgan fingerprint density at radius 1 is 1.60 bits per heavy atom. The smallest absolute Gasteiger partial charge is 0.254 e. The van der Waals surface area contributed by atoms with Crippen molar-refractivity contribution >= 4 is 21.8 Å². The molecule has 1 aromatic rings. The molecular formula is C10H13BrN2O2. The molecule has 0 atom stereocenters. The summed E-state index contributed by atoms with van der Waals surface area (Å²) in [6.07, 6.45) is 0.558. The van der Waals surface area contributed by atoms with Crippen LogP contribution in [-0.2, 0) is 0 Å². The van der Waals surface area contributed by atoms with Crippen molar-refractivity contribution in [2.45, 2.75) is 13.3 Å². The fourth-order valence-corrected chi connectivity index (χ4v) is 1.66. The highest BCUT2D eigenvalue weighted by molar-refractivity contribution is 9.10. The van der Waals surface area contributed by atoms with Crippen LogP contribution in [0, 0.1) is 6.92 Å². The number of aryl methyl sites for hydroxylation is 1. The monoisotopic (exact) mass is 272 g/mol. The number of aliphatic hydroxyl groups is 1. The number of hydrogen-bond donors (Lipinski definition) is 2. The predicted octanol–water partition coefficient (Wildman–Crippen LogP) is 1.26. The molecule has 2 N–H and O–H groups in total. The number of nitrogens with zero attached hydrogens (tertiary/aromatic N) is 1. The van der Waals surface area contributed by atoms with Gasteiger partial charge in [0, 0.05) is 18.8 Å². The molecule has 15 heavy (non-hydrogen) atoms. The van der Waals surface area contributed by atoms with Crippen molar-refractivity contribution in [1.82, 2.24) is 10.3 Å². The summed E-state index contributed by atoms with van der Waals surface area (Å²) in [5, 5.41) is 11.3. The quantitative estimate of drug-likeness (QED) is 0.641. The minimum absolute atomic E-state index is 0.0770. The molecule has 0 aromatic carbocycles. The van der Waals surface area contributed by atoms with Gasteiger partial charge in [-0.05, 0) is 41.4 Å². The van der Waals surface area contributed by atoms with Crippen LogP contribution < -0.4 is 5.32 Å². The first-order valence-corrected chi connectivity index (χ1v) is 5.46. The topological polar surface area (TPSA) is 62.2 Å². The zero-order valence-corrected chi connectivity index (χ0v) is 10.0. The van der Waals surface area contributed by atoms with Gasteiger partial charge in [0.05, 0.1) is 5.56 Å². The molecule has 0 saturated heterocycles. The van der Waals surface area contributed by atoms with Crippen molar-refractivity contribution in [3.63, 3.8) is 0 Å². The van der Waals surface area contributed by atoms with Crippen LogP contribution in [0.1, 0.15) is 22.5 Å². The molecule has 0 fully saturated rings. The summed E-state index contributed by atoms with van der Waals surface area (Å²) >= 11 is 3.24. The van der Waals surface area contributed by atoms with E-state index in [1.165, 1.54) is 0 Å². The number of aliphatic hydroxyl groups excluding tert-OH is 1. The van der Waals surface area contributed by atoms with E-state index in [-0.39, 0.29) is 12.5 Å². The van der Waals surface area contributed by atoms with E-state index in [0.29, 0.717) is 23.1 Å². The molecular weight excluding hydrogens is 260 g/mol. The maximum atomic E-state index is 11.6. The standard InChI is InChI=1S/C10H13BrN2O2/c1-7-3-4-8(9(11)13-7)10(15)12-5-2-6-14/h3-4,14H,2,5-6H2,1H3,(H,12,15). The van der Waals surface area contributed by atoms with Crippen molar-refractivity contribution in [1.29, 1.82) is 0 Å². The van der Waals surface area contributed by atoms with Crippen molar-refractivity contribution < 1.29 is 9.90 Å². The Hall–Kier alpha value is -0.940. The van der Waals surface area contributed by atoms with Gasteiger partial charge in [0.25, 0.3) is 5.91 Å². The largest absolute Gasteiger partial charge is 0.396 e. The Morgan fingerprint density at radius 2 is 2.33 bits per heavy atom. The molecule has 82 valence electrons. The summed E-state index contributed by atoms with van der Waals surface area (Å²) in [6, 6.07) is 3.51. The lowest BCUT2D eigenvalue weighted by atomic mass is 10.2. The number of carbonyl (C=O) groups is 1. The highest BCUT2D eigenvalue weighted by Crippen LogP contribution is 2.14. The maximum absolute atomic E-state index is 11.6. The Bertz CT molecular complexity index is 355. The lowest BCUT2D eigenvalue weighted by molar-refractivity contribution is 0.0950. The van der Waals surface area contributed by atoms with E-state index in [2.05, 4.69) is 26.2 Å². The fourth-order valence-electron chi connectivity index (χ4n) is 1.07. The second-order valence-corrected chi connectivity index (χ2v) is 3.88. The molecule has 0 spiro atoms. The molecule has 4 nitrogen and oxygen atoms in total. The van der Waals surface area contributed by atoms with Gasteiger partial charge in [-0.3, -0.25) is 4.79 Å². The van der Waals surface area contributed by atoms with Crippen molar-refractivity contribution in [3.8, 4) is 0 Å². The first kappa shape index (κ1) is 12.1. The summed E-state index contributed by atoms with van der Waals surface area (Å²) in [7, 11) is 0. The van der Waals surface area contributed by atoms with Crippen LogP contribution in [0.5, 0.6) is 0 Å². The van der Waals surface area contributed by atoms with E-state index >= 15 is 0 Å². The van der Waals surface area contributed by atoms with Crippen LogP contribution in [0.2, 0.25) is 0 Å². The third-order valence-electron chi connectivity index (χ3n) is 1.85. The molecule has 1 aromatic heterocycles. The van der Waals surface area contributed by atoms with E-state index < -0.39 is 0 Å². The van der Waals surface area contributed by atoms with Crippen molar-refractivity contribution in [2.24, 2.45) is 0 Å². The normalized spacial score (nSPS) is 10.1. The van der Waals surface area contributed by atoms with E-state index in [4.69, 9.17) is 5.11 Å². The Kier molecular flexibility index (Phi) is 4.71. The van der Waals surface area contributed by atoms with Crippen molar-refractivity contribution in [2.75, 3.05) is 13.2 Å². The molecule has 1 heterocycles. The fraction of sp³-hybridized carbons (Fsp3) is 0.400. The zero-order valence-electron chi connectivity index (χ0n) is 8.46. The first-order chi connectivity index (χ1) is 7.15. The molecule has 0 aliphatic heterocycles. The predicted molar refractivity (Wildman–Crippen MR) is 60.7 cm³/mol. The summed E-state index contributed by atoms with van der Waals surface area (Å²) in [4.78, 5) is 15.7. The highest BCUT2D eigenvalue weighted by atomic mass is 79.9. The number of hydrogen-bond acceptors (Lipinski definition) is 3. The Labute approximate surface area is 96.8 Å². The molecule has 0 unspecified atom stereocenters. The molecule has 0 aliphatic carbocycles. The van der Waals surface area contributed by atoms with Gasteiger partial charge in [-0.25, -0.2) is 4.98 Å². The van der Waals surface area contributed by atoms with Crippen LogP contribution in [0.3, 0.4) is 0 Å². The van der Waals surface area contributed by atoms with Gasteiger partial charge < -0.3 is 10.4 Å². The van der Waals surface area contributed by atoms with Gasteiger partial charge >= 0.3 is 0 Å². The summed E-state index contributed by atoms with van der Waals surface area (Å²) in [5.74, 6) is -0.178. The van der Waals surface area contributed by atoms with Crippen molar-refractivity contribution in [3.05, 3.63) is 28.0 Å². The average Bonchev–Trinajstić information content (AvgIpc) is 2.17. The molecule has 0 bridgehead atoms. The number of amides is 1. The van der Waals surface area contributed by atoms with Gasteiger partial charge in [-0.1, -0.05) is 0 Å². The third kappa shape index (κ3) is 3.60. The number of halogens is 1. The van der Waals surface area contributed by atoms with Gasteiger partial charge in [0.15, 0.2) is 0 Å². The molecule has 0 radical (unpaired) electrons. The van der Waals surface area contributed by atoms with Crippen LogP contribution in [0.4, 0.5) is 0 Å². The molecule has 1 rings (SSSR count). The summed E-state index contributed by atoms with van der Waals surface area (Å²) in [6.45, 7) is 2.40. The summed E-state index contributed by atoms with van der Waals surface area (Å²) in [5.41, 5.74) is 1.37. The Morgan fingerprint density at radius 3 is 2.93 bits per heavy atom. The number of pyridine rings is 1. The minimum atomic E-state index is -0.178. The number of aromatic nitrogens is 1. The number of carbonyl (C=O) groups excluding carboxylic acids is 1. The molecule has 0 aliphatic rings. The number of rotatable bonds is 4. The lowest BCUT2D eigenvalue weighted by Gasteiger charge is -2.05. The summed E-state index contributed by atoms with van der Waals surface area (Å²) < 4.78 is 0.545. The second kappa shape index (κ2) is 5.82. The minimum Gasteiger partial charge on any atom is -0.396 e. The third-order valence-corrected chi connectivity index (χ3v) is 2.46. The van der Waals surface area contributed by atoms with Crippen LogP contribution >= 0.6 is 15.9 Å².